The van der Waals surface area contributed by atoms with Crippen LogP contribution in [0.4, 0.5) is 5.13 Å². The summed E-state index contributed by atoms with van der Waals surface area (Å²) in [5.74, 6) is 0.989. The predicted octanol–water partition coefficient (Wildman–Crippen LogP) is 7.67. The van der Waals surface area contributed by atoms with Gasteiger partial charge < -0.3 is 0 Å². The molecule has 6 heteroatoms. The summed E-state index contributed by atoms with van der Waals surface area (Å²) in [6.07, 6.45) is 1.29. The standard InChI is InChI=1S/C26H25ClN2OS2/c1-18-15-23-24(16-19(18)2)32-26(28-23)29(17-20-7-4-3-5-8-20)25(30)9-6-14-31-22-12-10-21(27)11-13-22/h3-5,7-8,10-13,15-16H,6,9,14,17H2,1-2H3. The van der Waals surface area contributed by atoms with Gasteiger partial charge in [-0.3, -0.25) is 9.69 Å². The maximum Gasteiger partial charge on any atom is 0.229 e. The fourth-order valence-corrected chi connectivity index (χ4v) is 5.43. The molecule has 0 spiro atoms. The number of aromatic nitrogens is 1. The molecule has 3 nitrogen and oxygen atoms in total. The maximum absolute atomic E-state index is 13.3. The second-order valence-electron chi connectivity index (χ2n) is 7.77. The lowest BCUT2D eigenvalue weighted by molar-refractivity contribution is -0.118. The van der Waals surface area contributed by atoms with E-state index < -0.39 is 0 Å². The molecule has 32 heavy (non-hydrogen) atoms. The molecule has 1 aromatic heterocycles. The molecule has 0 aliphatic carbocycles. The number of halogens is 1. The van der Waals surface area contributed by atoms with Crippen molar-refractivity contribution in [3.63, 3.8) is 0 Å². The Balaban J connectivity index is 1.48. The number of thiazole rings is 1. The van der Waals surface area contributed by atoms with E-state index in [1.165, 1.54) is 16.0 Å². The second kappa shape index (κ2) is 10.5. The lowest BCUT2D eigenvalue weighted by Crippen LogP contribution is -2.30. The number of hydrogen-bond acceptors (Lipinski definition) is 4. The number of rotatable bonds is 8. The zero-order chi connectivity index (χ0) is 22.5. The first-order valence-electron chi connectivity index (χ1n) is 10.6. The van der Waals surface area contributed by atoms with Gasteiger partial charge in [0.15, 0.2) is 5.13 Å². The normalized spacial score (nSPS) is 11.1. The smallest absolute Gasteiger partial charge is 0.229 e. The van der Waals surface area contributed by atoms with Gasteiger partial charge in [0.05, 0.1) is 16.8 Å². The molecule has 0 saturated heterocycles. The summed E-state index contributed by atoms with van der Waals surface area (Å²) >= 11 is 9.29. The van der Waals surface area contributed by atoms with Crippen molar-refractivity contribution in [2.75, 3.05) is 10.7 Å². The molecule has 0 N–H and O–H groups in total. The maximum atomic E-state index is 13.3. The van der Waals surface area contributed by atoms with Crippen molar-refractivity contribution in [2.24, 2.45) is 0 Å². The summed E-state index contributed by atoms with van der Waals surface area (Å²) in [5.41, 5.74) is 4.52. The number of thioether (sulfide) groups is 1. The summed E-state index contributed by atoms with van der Waals surface area (Å²) in [6, 6.07) is 22.2. The highest BCUT2D eigenvalue weighted by atomic mass is 35.5. The van der Waals surface area contributed by atoms with E-state index in [2.05, 4.69) is 38.1 Å². The third-order valence-corrected chi connectivity index (χ3v) is 7.72. The average Bonchev–Trinajstić information content (AvgIpc) is 3.19. The Bertz CT molecular complexity index is 1170. The molecule has 0 aliphatic rings. The minimum atomic E-state index is 0.109. The number of carbonyl (C=O) groups excluding carboxylic acids is 1. The Morgan fingerprint density at radius 3 is 2.50 bits per heavy atom. The summed E-state index contributed by atoms with van der Waals surface area (Å²) in [4.78, 5) is 21.1. The highest BCUT2D eigenvalue weighted by Gasteiger charge is 2.20. The van der Waals surface area contributed by atoms with Crippen molar-refractivity contribution in [3.05, 3.63) is 88.4 Å². The molecule has 4 rings (SSSR count). The zero-order valence-corrected chi connectivity index (χ0v) is 20.6. The lowest BCUT2D eigenvalue weighted by atomic mass is 10.1. The van der Waals surface area contributed by atoms with Gasteiger partial charge in [-0.1, -0.05) is 53.3 Å². The van der Waals surface area contributed by atoms with Crippen LogP contribution in [0.25, 0.3) is 10.2 Å². The van der Waals surface area contributed by atoms with Crippen LogP contribution in [-0.4, -0.2) is 16.6 Å². The molecule has 164 valence electrons. The SMILES string of the molecule is Cc1cc2nc(N(Cc3ccccc3)C(=O)CCCSc3ccc(Cl)cc3)sc2cc1C. The number of aryl methyl sites for hydroxylation is 2. The first-order chi connectivity index (χ1) is 15.5. The zero-order valence-electron chi connectivity index (χ0n) is 18.2. The first-order valence-corrected chi connectivity index (χ1v) is 12.8. The Morgan fingerprint density at radius 2 is 1.75 bits per heavy atom. The van der Waals surface area contributed by atoms with Crippen LogP contribution < -0.4 is 4.90 Å². The molecule has 1 heterocycles. The third kappa shape index (κ3) is 5.71. The predicted molar refractivity (Wildman–Crippen MR) is 138 cm³/mol. The minimum Gasteiger partial charge on any atom is -0.284 e. The molecule has 1 amide bonds. The van der Waals surface area contributed by atoms with Gasteiger partial charge in [0.25, 0.3) is 0 Å². The van der Waals surface area contributed by atoms with Crippen LogP contribution in [-0.2, 0) is 11.3 Å². The number of fused-ring (bicyclic) bond motifs is 1. The Labute approximate surface area is 202 Å². The molecule has 0 atom stereocenters. The molecule has 0 fully saturated rings. The van der Waals surface area contributed by atoms with Gasteiger partial charge in [0.2, 0.25) is 5.91 Å². The third-order valence-electron chi connectivity index (χ3n) is 5.33. The van der Waals surface area contributed by atoms with Gasteiger partial charge in [-0.05, 0) is 79.1 Å². The minimum absolute atomic E-state index is 0.109. The van der Waals surface area contributed by atoms with Crippen molar-refractivity contribution in [1.29, 1.82) is 0 Å². The van der Waals surface area contributed by atoms with Crippen molar-refractivity contribution >= 4 is 56.0 Å². The van der Waals surface area contributed by atoms with Crippen LogP contribution >= 0.6 is 34.7 Å². The van der Waals surface area contributed by atoms with Gasteiger partial charge in [-0.25, -0.2) is 4.98 Å². The molecule has 0 unspecified atom stereocenters. The van der Waals surface area contributed by atoms with Crippen molar-refractivity contribution in [1.82, 2.24) is 4.98 Å². The van der Waals surface area contributed by atoms with E-state index in [0.29, 0.717) is 13.0 Å². The van der Waals surface area contributed by atoms with Crippen molar-refractivity contribution in [3.8, 4) is 0 Å². The molecule has 0 aliphatic heterocycles. The van der Waals surface area contributed by atoms with Crippen LogP contribution in [0.2, 0.25) is 5.02 Å². The number of nitrogens with zero attached hydrogens (tertiary/aromatic N) is 2. The topological polar surface area (TPSA) is 33.2 Å². The summed E-state index contributed by atoms with van der Waals surface area (Å²) in [5, 5.41) is 1.51. The summed E-state index contributed by atoms with van der Waals surface area (Å²) in [7, 11) is 0. The molecule has 4 aromatic rings. The number of hydrogen-bond donors (Lipinski definition) is 0. The van der Waals surface area contributed by atoms with E-state index in [-0.39, 0.29) is 5.91 Å². The number of carbonyl (C=O) groups is 1. The van der Waals surface area contributed by atoms with Gasteiger partial charge in [-0.15, -0.1) is 11.8 Å². The number of amides is 1. The Hall–Kier alpha value is -2.34. The van der Waals surface area contributed by atoms with Crippen LogP contribution in [0.5, 0.6) is 0 Å². The van der Waals surface area contributed by atoms with Crippen molar-refractivity contribution in [2.45, 2.75) is 38.1 Å². The largest absolute Gasteiger partial charge is 0.284 e. The Morgan fingerprint density at radius 1 is 1.03 bits per heavy atom. The molecular formula is C26H25ClN2OS2. The highest BCUT2D eigenvalue weighted by Crippen LogP contribution is 2.32. The van der Waals surface area contributed by atoms with E-state index in [1.54, 1.807) is 23.1 Å². The fourth-order valence-electron chi connectivity index (χ4n) is 3.39. The molecule has 0 radical (unpaired) electrons. The van der Waals surface area contributed by atoms with Gasteiger partial charge in [-0.2, -0.15) is 0 Å². The van der Waals surface area contributed by atoms with E-state index >= 15 is 0 Å². The lowest BCUT2D eigenvalue weighted by Gasteiger charge is -2.20. The van der Waals surface area contributed by atoms with Crippen LogP contribution in [0.1, 0.15) is 29.5 Å². The van der Waals surface area contributed by atoms with E-state index in [9.17, 15) is 4.79 Å². The second-order valence-corrected chi connectivity index (χ2v) is 10.4. The van der Waals surface area contributed by atoms with Crippen molar-refractivity contribution < 1.29 is 4.79 Å². The Kier molecular flexibility index (Phi) is 7.51. The van der Waals surface area contributed by atoms with Gasteiger partial charge in [0, 0.05) is 16.3 Å². The fraction of sp³-hybridized carbons (Fsp3) is 0.231. The van der Waals surface area contributed by atoms with E-state index in [0.717, 1.165) is 38.1 Å². The molecule has 0 saturated carbocycles. The number of benzene rings is 3. The van der Waals surface area contributed by atoms with Crippen LogP contribution in [0, 0.1) is 13.8 Å². The highest BCUT2D eigenvalue weighted by molar-refractivity contribution is 7.99. The number of anilines is 1. The summed E-state index contributed by atoms with van der Waals surface area (Å²) in [6.45, 7) is 4.74. The van der Waals surface area contributed by atoms with E-state index in [1.807, 2.05) is 47.4 Å². The van der Waals surface area contributed by atoms with Crippen LogP contribution in [0.3, 0.4) is 0 Å². The quantitative estimate of drug-likeness (QED) is 0.191. The molecule has 0 bridgehead atoms. The average molecular weight is 481 g/mol. The van der Waals surface area contributed by atoms with Crippen LogP contribution in [0.15, 0.2) is 71.6 Å². The van der Waals surface area contributed by atoms with Gasteiger partial charge in [0.1, 0.15) is 0 Å². The summed E-state index contributed by atoms with van der Waals surface area (Å²) < 4.78 is 1.12. The first kappa shape index (κ1) is 22.8. The molecular weight excluding hydrogens is 456 g/mol. The monoisotopic (exact) mass is 480 g/mol. The van der Waals surface area contributed by atoms with E-state index in [4.69, 9.17) is 16.6 Å². The van der Waals surface area contributed by atoms with Gasteiger partial charge >= 0.3 is 0 Å². The molecule has 3 aromatic carbocycles.